The molecule has 1 rings (SSSR count). The van der Waals surface area contributed by atoms with Crippen molar-refractivity contribution in [2.75, 3.05) is 31.8 Å². The van der Waals surface area contributed by atoms with Crippen LogP contribution < -0.4 is 5.32 Å². The highest BCUT2D eigenvalue weighted by Gasteiger charge is 2.16. The maximum absolute atomic E-state index is 11.9. The molecule has 0 bridgehead atoms. The zero-order chi connectivity index (χ0) is 17.5. The van der Waals surface area contributed by atoms with E-state index in [2.05, 4.69) is 16.6 Å². The summed E-state index contributed by atoms with van der Waals surface area (Å²) >= 11 is 0. The van der Waals surface area contributed by atoms with E-state index in [4.69, 9.17) is 0 Å². The van der Waals surface area contributed by atoms with E-state index in [1.54, 1.807) is 12.1 Å². The molecule has 1 amide bonds. The third-order valence-electron chi connectivity index (χ3n) is 2.98. The summed E-state index contributed by atoms with van der Waals surface area (Å²) in [6, 6.07) is 6.20. The van der Waals surface area contributed by atoms with Gasteiger partial charge in [-0.2, -0.15) is 4.31 Å². The fourth-order valence-electron chi connectivity index (χ4n) is 1.79. The van der Waals surface area contributed by atoms with Crippen molar-refractivity contribution in [2.24, 2.45) is 0 Å². The Hall–Kier alpha value is -2.19. The van der Waals surface area contributed by atoms with Crippen LogP contribution in [-0.4, -0.2) is 51.1 Å². The number of methoxy groups -OCH3 is 1. The van der Waals surface area contributed by atoms with Crippen molar-refractivity contribution in [3.05, 3.63) is 42.5 Å². The van der Waals surface area contributed by atoms with Crippen LogP contribution >= 0.6 is 0 Å². The van der Waals surface area contributed by atoms with E-state index < -0.39 is 16.0 Å². The third-order valence-corrected chi connectivity index (χ3v) is 4.25. The number of rotatable bonds is 8. The highest BCUT2D eigenvalue weighted by molar-refractivity contribution is 7.88. The van der Waals surface area contributed by atoms with Crippen molar-refractivity contribution in [1.82, 2.24) is 4.31 Å². The van der Waals surface area contributed by atoms with Crippen LogP contribution in [0.15, 0.2) is 36.9 Å². The van der Waals surface area contributed by atoms with Crippen molar-refractivity contribution in [1.29, 1.82) is 0 Å². The number of sulfonamides is 1. The monoisotopic (exact) mass is 340 g/mol. The summed E-state index contributed by atoms with van der Waals surface area (Å²) in [5.41, 5.74) is 0.886. The van der Waals surface area contributed by atoms with Crippen LogP contribution in [-0.2, 0) is 19.6 Å². The normalized spacial score (nSPS) is 11.1. The molecular formula is C15H20N2O5S. The second kappa shape index (κ2) is 8.44. The fraction of sp³-hybridized carbons (Fsp3) is 0.333. The average molecular weight is 340 g/mol. The Labute approximate surface area is 136 Å². The molecule has 126 valence electrons. The number of nitrogens with zero attached hydrogens (tertiary/aromatic N) is 1. The smallest absolute Gasteiger partial charge is 0.337 e. The molecule has 0 aliphatic heterocycles. The van der Waals surface area contributed by atoms with Gasteiger partial charge >= 0.3 is 5.97 Å². The van der Waals surface area contributed by atoms with Gasteiger partial charge in [0.25, 0.3) is 0 Å². The van der Waals surface area contributed by atoms with Gasteiger partial charge in [0.05, 0.1) is 18.9 Å². The number of carbonyl (C=O) groups is 2. The number of benzene rings is 1. The first-order chi connectivity index (χ1) is 10.8. The van der Waals surface area contributed by atoms with E-state index >= 15 is 0 Å². The molecule has 0 fully saturated rings. The molecule has 0 unspecified atom stereocenters. The Morgan fingerprint density at radius 3 is 2.39 bits per heavy atom. The predicted octanol–water partition coefficient (Wildman–Crippen LogP) is 1.25. The predicted molar refractivity (Wildman–Crippen MR) is 87.6 cm³/mol. The Bertz CT molecular complexity index is 668. The van der Waals surface area contributed by atoms with Crippen LogP contribution in [0.4, 0.5) is 5.69 Å². The first-order valence-electron chi connectivity index (χ1n) is 6.82. The molecule has 0 aliphatic carbocycles. The van der Waals surface area contributed by atoms with E-state index in [1.807, 2.05) is 0 Å². The minimum absolute atomic E-state index is 0.0136. The second-order valence-electron chi connectivity index (χ2n) is 4.78. The maximum atomic E-state index is 11.9. The molecule has 0 aromatic heterocycles. The van der Waals surface area contributed by atoms with Crippen molar-refractivity contribution in [3.8, 4) is 0 Å². The summed E-state index contributed by atoms with van der Waals surface area (Å²) in [4.78, 5) is 23.2. The zero-order valence-corrected chi connectivity index (χ0v) is 13.9. The van der Waals surface area contributed by atoms with Gasteiger partial charge in [0.1, 0.15) is 0 Å². The number of amides is 1. The highest BCUT2D eigenvalue weighted by atomic mass is 32.2. The van der Waals surface area contributed by atoms with Crippen LogP contribution in [0.1, 0.15) is 16.8 Å². The number of hydrogen-bond donors (Lipinski definition) is 1. The molecule has 7 nitrogen and oxygen atoms in total. The minimum Gasteiger partial charge on any atom is -0.465 e. The first-order valence-corrected chi connectivity index (χ1v) is 8.67. The van der Waals surface area contributed by atoms with Crippen LogP contribution in [0.2, 0.25) is 0 Å². The van der Waals surface area contributed by atoms with E-state index in [-0.39, 0.29) is 25.4 Å². The molecule has 0 saturated heterocycles. The van der Waals surface area contributed by atoms with Gasteiger partial charge in [-0.05, 0) is 24.3 Å². The molecule has 0 aliphatic rings. The van der Waals surface area contributed by atoms with Crippen molar-refractivity contribution < 1.29 is 22.7 Å². The summed E-state index contributed by atoms with van der Waals surface area (Å²) < 4.78 is 28.8. The molecule has 8 heteroatoms. The lowest BCUT2D eigenvalue weighted by Gasteiger charge is -2.17. The summed E-state index contributed by atoms with van der Waals surface area (Å²) in [6.45, 7) is 3.71. The van der Waals surface area contributed by atoms with E-state index in [0.717, 1.165) is 6.26 Å². The van der Waals surface area contributed by atoms with Crippen LogP contribution in [0.3, 0.4) is 0 Å². The number of carbonyl (C=O) groups excluding carboxylic acids is 2. The molecule has 0 spiro atoms. The number of anilines is 1. The molecule has 0 atom stereocenters. The van der Waals surface area contributed by atoms with Gasteiger partial charge in [0.2, 0.25) is 15.9 Å². The Morgan fingerprint density at radius 2 is 1.91 bits per heavy atom. The topological polar surface area (TPSA) is 92.8 Å². The van der Waals surface area contributed by atoms with Crippen molar-refractivity contribution >= 4 is 27.6 Å². The van der Waals surface area contributed by atoms with Crippen molar-refractivity contribution in [3.63, 3.8) is 0 Å². The van der Waals surface area contributed by atoms with E-state index in [9.17, 15) is 18.0 Å². The number of esters is 1. The SMILES string of the molecule is C=CCN(CCC(=O)Nc1ccc(C(=O)OC)cc1)S(C)(=O)=O. The van der Waals surface area contributed by atoms with Crippen molar-refractivity contribution in [2.45, 2.75) is 6.42 Å². The third kappa shape index (κ3) is 6.21. The quantitative estimate of drug-likeness (QED) is 0.568. The lowest BCUT2D eigenvalue weighted by molar-refractivity contribution is -0.116. The van der Waals surface area contributed by atoms with Crippen LogP contribution in [0.5, 0.6) is 0 Å². The van der Waals surface area contributed by atoms with E-state index in [1.165, 1.54) is 29.6 Å². The zero-order valence-electron chi connectivity index (χ0n) is 13.1. The molecule has 1 aromatic rings. The standard InChI is InChI=1S/C15H20N2O5S/c1-4-10-17(23(3,20)21)11-9-14(18)16-13-7-5-12(6-8-13)15(19)22-2/h4-8H,1,9-11H2,2-3H3,(H,16,18). The van der Waals surface area contributed by atoms with Gasteiger partial charge in [-0.3, -0.25) is 4.79 Å². The van der Waals surface area contributed by atoms with E-state index in [0.29, 0.717) is 11.3 Å². The number of hydrogen-bond acceptors (Lipinski definition) is 5. The Balaban J connectivity index is 2.59. The molecule has 23 heavy (non-hydrogen) atoms. The van der Waals surface area contributed by atoms with Gasteiger partial charge < -0.3 is 10.1 Å². The van der Waals surface area contributed by atoms with Gasteiger partial charge in [0, 0.05) is 25.2 Å². The molecule has 1 aromatic carbocycles. The summed E-state index contributed by atoms with van der Waals surface area (Å²) in [5.74, 6) is -0.787. The maximum Gasteiger partial charge on any atom is 0.337 e. The van der Waals surface area contributed by atoms with Crippen LogP contribution in [0.25, 0.3) is 0 Å². The summed E-state index contributed by atoms with van der Waals surface area (Å²) in [5, 5.41) is 2.64. The molecule has 0 radical (unpaired) electrons. The van der Waals surface area contributed by atoms with Gasteiger partial charge in [-0.25, -0.2) is 13.2 Å². The minimum atomic E-state index is -3.38. The molecule has 0 heterocycles. The highest BCUT2D eigenvalue weighted by Crippen LogP contribution is 2.11. The van der Waals surface area contributed by atoms with Gasteiger partial charge in [-0.1, -0.05) is 6.08 Å². The van der Waals surface area contributed by atoms with Crippen LogP contribution in [0, 0.1) is 0 Å². The molecular weight excluding hydrogens is 320 g/mol. The number of nitrogens with one attached hydrogen (secondary N) is 1. The summed E-state index contributed by atoms with van der Waals surface area (Å²) in [7, 11) is -2.10. The fourth-order valence-corrected chi connectivity index (χ4v) is 2.59. The first kappa shape index (κ1) is 18.9. The van der Waals surface area contributed by atoms with Gasteiger partial charge in [-0.15, -0.1) is 6.58 Å². The Morgan fingerprint density at radius 1 is 1.30 bits per heavy atom. The lowest BCUT2D eigenvalue weighted by atomic mass is 10.2. The lowest BCUT2D eigenvalue weighted by Crippen LogP contribution is -2.33. The van der Waals surface area contributed by atoms with Gasteiger partial charge in [0.15, 0.2) is 0 Å². The largest absolute Gasteiger partial charge is 0.465 e. The Kier molecular flexibility index (Phi) is 6.92. The number of ether oxygens (including phenoxy) is 1. The molecule has 0 saturated carbocycles. The summed E-state index contributed by atoms with van der Waals surface area (Å²) in [6.07, 6.45) is 2.56. The molecule has 1 N–H and O–H groups in total. The average Bonchev–Trinajstić information content (AvgIpc) is 2.50. The second-order valence-corrected chi connectivity index (χ2v) is 6.76.